The number of carbonyl (C=O) groups excluding carboxylic acids is 2. The topological polar surface area (TPSA) is 49.9 Å². The number of halogens is 1. The fourth-order valence-electron chi connectivity index (χ4n) is 3.59. The molecule has 2 aromatic rings. The van der Waals surface area contributed by atoms with Crippen molar-refractivity contribution in [3.63, 3.8) is 0 Å². The number of piperazine rings is 1. The Balaban J connectivity index is 1.48. The number of hydrogen-bond acceptors (Lipinski definition) is 4. The molecule has 154 valence electrons. The van der Waals surface area contributed by atoms with E-state index in [4.69, 9.17) is 4.74 Å². The van der Waals surface area contributed by atoms with E-state index in [1.54, 1.807) is 49.6 Å². The van der Waals surface area contributed by atoms with E-state index in [-0.39, 0.29) is 23.4 Å². The van der Waals surface area contributed by atoms with Gasteiger partial charge in [-0.2, -0.15) is 0 Å². The number of hydrogen-bond donors (Lipinski definition) is 0. The second kappa shape index (κ2) is 9.65. The van der Waals surface area contributed by atoms with E-state index in [1.807, 2.05) is 11.8 Å². The number of carbonyl (C=O) groups is 2. The predicted molar refractivity (Wildman–Crippen MR) is 110 cm³/mol. The van der Waals surface area contributed by atoms with Crippen molar-refractivity contribution in [3.05, 3.63) is 65.5 Å². The third kappa shape index (κ3) is 5.41. The monoisotopic (exact) mass is 398 g/mol. The molecule has 6 heteroatoms. The second-order valence-corrected chi connectivity index (χ2v) is 7.45. The van der Waals surface area contributed by atoms with Gasteiger partial charge in [-0.15, -0.1) is 0 Å². The van der Waals surface area contributed by atoms with Crippen LogP contribution in [0.25, 0.3) is 0 Å². The molecule has 1 atom stereocenters. The SMILES string of the molecule is COc1ccc(C(=O)CN2CCN(C(=O)C(C)Cc3ccccc3F)CC2)cc1. The first-order valence-electron chi connectivity index (χ1n) is 9.89. The minimum absolute atomic E-state index is 0.0365. The molecule has 1 fully saturated rings. The standard InChI is InChI=1S/C23H27FN2O3/c1-17(15-19-5-3-4-6-21(19)24)23(28)26-13-11-25(12-14-26)16-22(27)18-7-9-20(29-2)10-8-18/h3-10,17H,11-16H2,1-2H3. The Bertz CT molecular complexity index is 845. The molecule has 0 spiro atoms. The van der Waals surface area contributed by atoms with Crippen LogP contribution in [-0.2, 0) is 11.2 Å². The summed E-state index contributed by atoms with van der Waals surface area (Å²) in [6.07, 6.45) is 0.391. The van der Waals surface area contributed by atoms with Gasteiger partial charge in [0.2, 0.25) is 5.91 Å². The average molecular weight is 398 g/mol. The van der Waals surface area contributed by atoms with Crippen LogP contribution in [0, 0.1) is 11.7 Å². The number of rotatable bonds is 7. The third-order valence-electron chi connectivity index (χ3n) is 5.37. The number of nitrogens with zero attached hydrogens (tertiary/aromatic N) is 2. The largest absolute Gasteiger partial charge is 0.497 e. The molecule has 0 saturated carbocycles. The molecule has 1 saturated heterocycles. The van der Waals surface area contributed by atoms with Crippen molar-refractivity contribution in [2.24, 2.45) is 5.92 Å². The van der Waals surface area contributed by atoms with Gasteiger partial charge in [-0.1, -0.05) is 25.1 Å². The normalized spacial score (nSPS) is 15.8. The highest BCUT2D eigenvalue weighted by atomic mass is 19.1. The minimum atomic E-state index is -0.278. The quantitative estimate of drug-likeness (QED) is 0.673. The summed E-state index contributed by atoms with van der Waals surface area (Å²) in [6.45, 7) is 4.64. The number of methoxy groups -OCH3 is 1. The number of ether oxygens (including phenoxy) is 1. The van der Waals surface area contributed by atoms with Gasteiger partial charge in [-0.05, 0) is 42.3 Å². The maximum absolute atomic E-state index is 13.8. The number of ketones is 1. The van der Waals surface area contributed by atoms with Crippen LogP contribution in [0.5, 0.6) is 5.75 Å². The molecule has 0 radical (unpaired) electrons. The van der Waals surface area contributed by atoms with E-state index in [0.29, 0.717) is 50.3 Å². The van der Waals surface area contributed by atoms with Gasteiger partial charge < -0.3 is 9.64 Å². The van der Waals surface area contributed by atoms with Crippen LogP contribution in [0.2, 0.25) is 0 Å². The van der Waals surface area contributed by atoms with Gasteiger partial charge in [-0.25, -0.2) is 4.39 Å². The summed E-state index contributed by atoms with van der Waals surface area (Å²) in [4.78, 5) is 29.1. The average Bonchev–Trinajstić information content (AvgIpc) is 2.75. The highest BCUT2D eigenvalue weighted by Gasteiger charge is 2.26. The van der Waals surface area contributed by atoms with Gasteiger partial charge in [0.25, 0.3) is 0 Å². The van der Waals surface area contributed by atoms with E-state index in [1.165, 1.54) is 6.07 Å². The van der Waals surface area contributed by atoms with Gasteiger partial charge in [0.15, 0.2) is 5.78 Å². The Morgan fingerprint density at radius 1 is 1.03 bits per heavy atom. The molecule has 0 aliphatic carbocycles. The Labute approximate surface area is 171 Å². The first-order valence-corrected chi connectivity index (χ1v) is 9.89. The zero-order valence-electron chi connectivity index (χ0n) is 16.9. The molecule has 3 rings (SSSR count). The van der Waals surface area contributed by atoms with Crippen molar-refractivity contribution in [1.29, 1.82) is 0 Å². The summed E-state index contributed by atoms with van der Waals surface area (Å²) < 4.78 is 19.0. The van der Waals surface area contributed by atoms with Crippen molar-refractivity contribution < 1.29 is 18.7 Å². The van der Waals surface area contributed by atoms with Crippen molar-refractivity contribution in [2.75, 3.05) is 39.8 Å². The van der Waals surface area contributed by atoms with Gasteiger partial charge in [-0.3, -0.25) is 14.5 Å². The smallest absolute Gasteiger partial charge is 0.225 e. The molecule has 0 bridgehead atoms. The lowest BCUT2D eigenvalue weighted by Gasteiger charge is -2.35. The maximum Gasteiger partial charge on any atom is 0.225 e. The van der Waals surface area contributed by atoms with Crippen LogP contribution < -0.4 is 4.74 Å². The summed E-state index contributed by atoms with van der Waals surface area (Å²) in [5.74, 6) is 0.265. The number of amides is 1. The molecule has 2 aromatic carbocycles. The predicted octanol–water partition coefficient (Wildman–Crippen LogP) is 3.04. The van der Waals surface area contributed by atoms with Gasteiger partial charge in [0, 0.05) is 37.7 Å². The molecule has 0 N–H and O–H groups in total. The summed E-state index contributed by atoms with van der Waals surface area (Å²) >= 11 is 0. The zero-order chi connectivity index (χ0) is 20.8. The molecule has 5 nitrogen and oxygen atoms in total. The molecule has 1 unspecified atom stereocenters. The van der Waals surface area contributed by atoms with Crippen molar-refractivity contribution in [2.45, 2.75) is 13.3 Å². The highest BCUT2D eigenvalue weighted by molar-refractivity contribution is 5.97. The Morgan fingerprint density at radius 3 is 2.31 bits per heavy atom. The molecule has 1 aliphatic heterocycles. The van der Waals surface area contributed by atoms with Crippen molar-refractivity contribution in [1.82, 2.24) is 9.80 Å². The molecule has 1 amide bonds. The van der Waals surface area contributed by atoms with Crippen molar-refractivity contribution in [3.8, 4) is 5.75 Å². The first kappa shape index (κ1) is 21.0. The van der Waals surface area contributed by atoms with Crippen LogP contribution in [0.15, 0.2) is 48.5 Å². The summed E-state index contributed by atoms with van der Waals surface area (Å²) in [6, 6.07) is 13.7. The van der Waals surface area contributed by atoms with Gasteiger partial charge in [0.1, 0.15) is 11.6 Å². The van der Waals surface area contributed by atoms with Crippen LogP contribution in [0.1, 0.15) is 22.8 Å². The molecule has 1 heterocycles. The lowest BCUT2D eigenvalue weighted by Crippen LogP contribution is -2.51. The van der Waals surface area contributed by atoms with Gasteiger partial charge >= 0.3 is 0 Å². The summed E-state index contributed by atoms with van der Waals surface area (Å²) in [5, 5.41) is 0. The highest BCUT2D eigenvalue weighted by Crippen LogP contribution is 2.16. The van der Waals surface area contributed by atoms with E-state index >= 15 is 0 Å². The minimum Gasteiger partial charge on any atom is -0.497 e. The number of benzene rings is 2. The van der Waals surface area contributed by atoms with E-state index < -0.39 is 0 Å². The fraction of sp³-hybridized carbons (Fsp3) is 0.391. The molecular weight excluding hydrogens is 371 g/mol. The Morgan fingerprint density at radius 2 is 1.69 bits per heavy atom. The van der Waals surface area contributed by atoms with Crippen LogP contribution in [-0.4, -0.2) is 61.3 Å². The third-order valence-corrected chi connectivity index (χ3v) is 5.37. The van der Waals surface area contributed by atoms with Crippen LogP contribution >= 0.6 is 0 Å². The molecule has 29 heavy (non-hydrogen) atoms. The van der Waals surface area contributed by atoms with Crippen LogP contribution in [0.3, 0.4) is 0 Å². The summed E-state index contributed by atoms with van der Waals surface area (Å²) in [7, 11) is 1.59. The molecule has 1 aliphatic rings. The Kier molecular flexibility index (Phi) is 6.99. The summed E-state index contributed by atoms with van der Waals surface area (Å²) in [5.41, 5.74) is 1.22. The van der Waals surface area contributed by atoms with E-state index in [9.17, 15) is 14.0 Å². The van der Waals surface area contributed by atoms with E-state index in [2.05, 4.69) is 4.90 Å². The van der Waals surface area contributed by atoms with Crippen LogP contribution in [0.4, 0.5) is 4.39 Å². The number of Topliss-reactive ketones (excluding diaryl/α,β-unsaturated/α-hetero) is 1. The van der Waals surface area contributed by atoms with Gasteiger partial charge in [0.05, 0.1) is 13.7 Å². The zero-order valence-corrected chi connectivity index (χ0v) is 16.9. The first-order chi connectivity index (χ1) is 14.0. The lowest BCUT2D eigenvalue weighted by molar-refractivity contribution is -0.136. The van der Waals surface area contributed by atoms with Crippen molar-refractivity contribution >= 4 is 11.7 Å². The molecule has 0 aromatic heterocycles. The van der Waals surface area contributed by atoms with E-state index in [0.717, 1.165) is 5.75 Å². The molecular formula is C23H27FN2O3. The second-order valence-electron chi connectivity index (χ2n) is 7.45. The Hall–Kier alpha value is -2.73. The maximum atomic E-state index is 13.8. The fourth-order valence-corrected chi connectivity index (χ4v) is 3.59. The lowest BCUT2D eigenvalue weighted by atomic mass is 9.99.